The van der Waals surface area contributed by atoms with Crippen LogP contribution in [0.2, 0.25) is 0 Å². The minimum Gasteiger partial charge on any atom is -0.384 e. The van der Waals surface area contributed by atoms with Crippen LogP contribution in [0, 0.1) is 0 Å². The molecule has 0 aromatic carbocycles. The van der Waals surface area contributed by atoms with Gasteiger partial charge in [-0.3, -0.25) is 0 Å². The molecule has 25 nitrogen and oxygen atoms in total. The van der Waals surface area contributed by atoms with Gasteiger partial charge in [-0.1, -0.05) is 0 Å². The number of aliphatic hydroxyl groups is 8. The van der Waals surface area contributed by atoms with Crippen molar-refractivity contribution in [2.45, 2.75) is 239 Å². The van der Waals surface area contributed by atoms with Gasteiger partial charge in [0, 0.05) is 14.2 Å². The van der Waals surface area contributed by atoms with Crippen molar-refractivity contribution in [1.82, 2.24) is 0 Å². The van der Waals surface area contributed by atoms with Crippen LogP contribution in [0.15, 0.2) is 0 Å². The summed E-state index contributed by atoms with van der Waals surface area (Å²) in [6.07, 6.45) is -4.38. The Hall–Kier alpha value is -1.00. The van der Waals surface area contributed by atoms with Crippen LogP contribution in [0.1, 0.15) is 125 Å². The van der Waals surface area contributed by atoms with Gasteiger partial charge in [-0.05, 0) is 125 Å². The second-order valence-electron chi connectivity index (χ2n) is 21.4. The van der Waals surface area contributed by atoms with Crippen LogP contribution in [0.4, 0.5) is 0 Å². The first-order valence-electron chi connectivity index (χ1n) is 22.2. The van der Waals surface area contributed by atoms with Crippen molar-refractivity contribution in [2.24, 2.45) is 0 Å². The van der Waals surface area contributed by atoms with Crippen LogP contribution < -0.4 is 0 Å². The molecule has 0 spiro atoms. The van der Waals surface area contributed by atoms with Gasteiger partial charge >= 0.3 is 0 Å². The summed E-state index contributed by atoms with van der Waals surface area (Å²) in [5.41, 5.74) is -24.8. The van der Waals surface area contributed by atoms with Crippen LogP contribution in [0.25, 0.3) is 0 Å². The minimum absolute atomic E-state index is 1.09. The summed E-state index contributed by atoms with van der Waals surface area (Å²) < 4.78 is 56.9. The average Bonchev–Trinajstić information content (AvgIpc) is 3.20. The van der Waals surface area contributed by atoms with Gasteiger partial charge in [0.2, 0.25) is 28.9 Å². The lowest BCUT2D eigenvalue weighted by molar-refractivity contribution is -0.610. The second kappa shape index (κ2) is 17.3. The van der Waals surface area contributed by atoms with Crippen molar-refractivity contribution in [2.75, 3.05) is 42.7 Å². The molecule has 0 aromatic heterocycles. The van der Waals surface area contributed by atoms with Crippen molar-refractivity contribution < 1.29 is 123 Å². The monoisotopic (exact) mass is 1010 g/mol. The average molecular weight is 1010 g/mol. The van der Waals surface area contributed by atoms with Crippen LogP contribution >= 0.6 is 0 Å². The summed E-state index contributed by atoms with van der Waals surface area (Å²) in [4.78, 5) is 43.1. The van der Waals surface area contributed by atoms with Gasteiger partial charge in [-0.15, -0.1) is 0 Å². The zero-order valence-corrected chi connectivity index (χ0v) is 44.7. The zero-order chi connectivity index (χ0) is 54.2. The molecule has 0 saturated carbocycles. The fraction of sp³-hybridized carbons (Fsp3) is 1.00. The fourth-order valence-electron chi connectivity index (χ4n) is 11.1. The molecule has 8 N–H and O–H groups in total. The van der Waals surface area contributed by atoms with Crippen molar-refractivity contribution in [3.05, 3.63) is 0 Å². The molecule has 20 atom stereocenters. The highest BCUT2D eigenvalue weighted by atomic mass is 17.3. The van der Waals surface area contributed by atoms with Gasteiger partial charge < -0.3 is 83.5 Å². The molecule has 0 aromatic rings. The number of hydrogen-bond acceptors (Lipinski definition) is 25. The van der Waals surface area contributed by atoms with Gasteiger partial charge in [-0.2, -0.15) is 19.6 Å². The Balaban J connectivity index is 1.93. The Morgan fingerprint density at radius 3 is 0.913 bits per heavy atom. The summed E-state index contributed by atoms with van der Waals surface area (Å²) in [6.45, 7) is 21.9. The Morgan fingerprint density at radius 2 is 0.580 bits per heavy atom. The van der Waals surface area contributed by atoms with E-state index < -0.39 is 115 Å². The molecule has 25 heteroatoms. The van der Waals surface area contributed by atoms with E-state index in [1.807, 2.05) is 0 Å². The van der Waals surface area contributed by atoms with Gasteiger partial charge in [0.1, 0.15) is 45.8 Å². The highest BCUT2D eigenvalue weighted by molar-refractivity contribution is 5.26. The third-order valence-electron chi connectivity index (χ3n) is 17.5. The third kappa shape index (κ3) is 7.44. The molecule has 4 heterocycles. The zero-order valence-electron chi connectivity index (χ0n) is 44.7. The van der Waals surface area contributed by atoms with Crippen molar-refractivity contribution in [3.63, 3.8) is 0 Å². The second-order valence-corrected chi connectivity index (χ2v) is 21.4. The van der Waals surface area contributed by atoms with Crippen LogP contribution in [-0.2, 0) is 81.7 Å². The summed E-state index contributed by atoms with van der Waals surface area (Å²) in [7, 11) is 6.96. The third-order valence-corrected chi connectivity index (χ3v) is 17.5. The van der Waals surface area contributed by atoms with E-state index >= 15 is 0 Å². The van der Waals surface area contributed by atoms with E-state index in [1.54, 1.807) is 0 Å². The lowest BCUT2D eigenvalue weighted by Gasteiger charge is -2.71. The highest BCUT2D eigenvalue weighted by Crippen LogP contribution is 2.64. The van der Waals surface area contributed by atoms with E-state index in [1.165, 1.54) is 118 Å². The van der Waals surface area contributed by atoms with Crippen molar-refractivity contribution >= 4 is 0 Å². The summed E-state index contributed by atoms with van der Waals surface area (Å²) >= 11 is 0. The van der Waals surface area contributed by atoms with E-state index in [2.05, 4.69) is 0 Å². The van der Waals surface area contributed by atoms with Crippen molar-refractivity contribution in [3.8, 4) is 0 Å². The molecule has 408 valence electrons. The normalized spacial score (nSPS) is 58.3. The predicted molar refractivity (Wildman–Crippen MR) is 231 cm³/mol. The smallest absolute Gasteiger partial charge is 0.233 e. The van der Waals surface area contributed by atoms with Gasteiger partial charge in [-0.25, -0.2) is 19.6 Å². The summed E-state index contributed by atoms with van der Waals surface area (Å²) in [5, 5.41) is 100. The number of hydrogen-bond donors (Lipinski definition) is 8. The first-order chi connectivity index (χ1) is 30.6. The molecule has 4 aliphatic rings. The maximum Gasteiger partial charge on any atom is 0.233 e. The predicted octanol–water partition coefficient (Wildman–Crippen LogP) is 0.754. The topological polar surface area (TPSA) is 319 Å². The van der Waals surface area contributed by atoms with E-state index in [4.69, 9.17) is 81.7 Å². The first kappa shape index (κ1) is 60.6. The lowest BCUT2D eigenvalue weighted by atomic mass is 9.61. The van der Waals surface area contributed by atoms with E-state index in [0.29, 0.717) is 0 Å². The number of aliphatic hydroxyl groups excluding tert-OH is 2. The maximum atomic E-state index is 13.1. The number of rotatable bonds is 16. The Morgan fingerprint density at radius 1 is 0.304 bits per heavy atom. The van der Waals surface area contributed by atoms with Crippen LogP contribution in [0.3, 0.4) is 0 Å². The first-order valence-corrected chi connectivity index (χ1v) is 22.2. The van der Waals surface area contributed by atoms with E-state index in [9.17, 15) is 40.9 Å². The highest BCUT2D eigenvalue weighted by Gasteiger charge is 2.85. The minimum atomic E-state index is -2.80. The van der Waals surface area contributed by atoms with E-state index in [-0.39, 0.29) is 0 Å². The van der Waals surface area contributed by atoms with Crippen LogP contribution in [-0.4, -0.2) is 198 Å². The fourth-order valence-corrected chi connectivity index (χ4v) is 11.1. The molecule has 4 aliphatic heterocycles. The van der Waals surface area contributed by atoms with E-state index in [0.717, 1.165) is 49.0 Å². The maximum absolute atomic E-state index is 13.1. The SMILES string of the molecule is COOC1(C)OC(C)(OC2(C)C(C)(OOC)OC(C)(OC3(C)C(C)(OOC)OC(C)(OC4(C)C(C)(OOC)OC(C)(OC)C(C)(O)C4(C)O)C(C)(O)C3(C)O)C(O)C2(C)O)C(O)C(C)(O)C1(C)OC. The molecule has 0 aliphatic carbocycles. The molecule has 0 bridgehead atoms. The molecular formula is C44H82O25. The van der Waals surface area contributed by atoms with Crippen LogP contribution in [0.5, 0.6) is 0 Å². The quantitative estimate of drug-likeness (QED) is 0.0781. The standard InChI is InChI=1S/C44H82O25/c1-27(47)25(45)29(3,61-41(15,66-55-21)35(27,9)53-19)59-36(10)28(2,48)26(46)30(4,62-42(36,16)67-56-22)60-37(11)32(6,50)34(8,52)40(14,65-43(37,17)68-57-23)63-38(12)31(5,49)33(7,51)39(13,54-20)64-44(38,18)69-58-24/h25-26,45-52H,1-24H3. The molecule has 4 fully saturated rings. The molecule has 20 unspecified atom stereocenters. The van der Waals surface area contributed by atoms with Gasteiger partial charge in [0.05, 0.1) is 28.4 Å². The molecule has 69 heavy (non-hydrogen) atoms. The molecule has 0 radical (unpaired) electrons. The molecule has 4 saturated heterocycles. The summed E-state index contributed by atoms with van der Waals surface area (Å²) in [6, 6.07) is 0. The van der Waals surface area contributed by atoms with Gasteiger partial charge in [0.15, 0.2) is 39.8 Å². The summed E-state index contributed by atoms with van der Waals surface area (Å²) in [5.74, 6) is -19.2. The number of ether oxygens (including phenoxy) is 9. The number of methoxy groups -OCH3 is 2. The molecular weight excluding hydrogens is 928 g/mol. The molecule has 4 rings (SSSR count). The van der Waals surface area contributed by atoms with Crippen molar-refractivity contribution in [1.29, 1.82) is 0 Å². The lowest BCUT2D eigenvalue weighted by Crippen LogP contribution is -2.90. The largest absolute Gasteiger partial charge is 0.384 e. The molecule has 0 amide bonds. The Kier molecular flexibility index (Phi) is 15.2. The Labute approximate surface area is 403 Å². The Bertz CT molecular complexity index is 1880. The van der Waals surface area contributed by atoms with Gasteiger partial charge in [0.25, 0.3) is 0 Å².